The first-order valence-electron chi connectivity index (χ1n) is 4.90. The Morgan fingerprint density at radius 3 is 2.61 bits per heavy atom. The van der Waals surface area contributed by atoms with Crippen molar-refractivity contribution in [1.29, 1.82) is 0 Å². The molecule has 0 aromatic carbocycles. The van der Waals surface area contributed by atoms with E-state index in [-0.39, 0.29) is 29.9 Å². The van der Waals surface area contributed by atoms with Gasteiger partial charge in [-0.1, -0.05) is 0 Å². The number of halogens is 4. The van der Waals surface area contributed by atoms with Crippen LogP contribution in [0.4, 0.5) is 13.2 Å². The minimum atomic E-state index is -4.44. The maximum absolute atomic E-state index is 12.2. The second-order valence-electron chi connectivity index (χ2n) is 3.96. The van der Waals surface area contributed by atoms with Crippen molar-refractivity contribution in [3.8, 4) is 0 Å². The number of amides is 1. The summed E-state index contributed by atoms with van der Waals surface area (Å²) < 4.78 is 36.7. The lowest BCUT2D eigenvalue weighted by molar-refractivity contribution is -0.140. The van der Waals surface area contributed by atoms with Crippen molar-refractivity contribution in [3.63, 3.8) is 0 Å². The summed E-state index contributed by atoms with van der Waals surface area (Å²) in [5, 5.41) is 3.63. The van der Waals surface area contributed by atoms with Gasteiger partial charge in [-0.05, 0) is 12.8 Å². The molecule has 0 spiro atoms. The van der Waals surface area contributed by atoms with Crippen LogP contribution in [-0.4, -0.2) is 16.4 Å². The van der Waals surface area contributed by atoms with E-state index in [4.69, 9.17) is 5.73 Å². The first-order valence-corrected chi connectivity index (χ1v) is 5.78. The summed E-state index contributed by atoms with van der Waals surface area (Å²) in [6.07, 6.45) is -3.21. The maximum Gasteiger partial charge on any atom is 0.434 e. The molecule has 18 heavy (non-hydrogen) atoms. The number of hydrogen-bond donors (Lipinski definition) is 2. The Morgan fingerprint density at radius 2 is 2.17 bits per heavy atom. The minimum absolute atomic E-state index is 0. The molecule has 4 nitrogen and oxygen atoms in total. The van der Waals surface area contributed by atoms with E-state index in [2.05, 4.69) is 10.3 Å². The molecule has 0 radical (unpaired) electrons. The molecule has 1 saturated carbocycles. The fourth-order valence-electron chi connectivity index (χ4n) is 1.22. The second kappa shape index (κ2) is 5.02. The number of carbonyl (C=O) groups excluding carboxylic acids is 1. The number of nitrogens with one attached hydrogen (secondary N) is 1. The van der Waals surface area contributed by atoms with E-state index < -0.39 is 17.4 Å². The van der Waals surface area contributed by atoms with Gasteiger partial charge in [-0.3, -0.25) is 4.79 Å². The van der Waals surface area contributed by atoms with Crippen molar-refractivity contribution in [2.75, 3.05) is 0 Å². The summed E-state index contributed by atoms with van der Waals surface area (Å²) in [5.41, 5.74) is 3.87. The molecule has 102 valence electrons. The Labute approximate surface area is 111 Å². The molecule has 0 bridgehead atoms. The predicted molar refractivity (Wildman–Crippen MR) is 62.4 cm³/mol. The Hall–Kier alpha value is -0.860. The van der Waals surface area contributed by atoms with Crippen molar-refractivity contribution in [2.45, 2.75) is 31.1 Å². The molecule has 2 rings (SSSR count). The van der Waals surface area contributed by atoms with Gasteiger partial charge in [0.25, 0.3) is 0 Å². The third-order valence-corrected chi connectivity index (χ3v) is 3.33. The van der Waals surface area contributed by atoms with Gasteiger partial charge in [0.2, 0.25) is 5.91 Å². The zero-order valence-electron chi connectivity index (χ0n) is 9.08. The molecule has 1 fully saturated rings. The quantitative estimate of drug-likeness (QED) is 0.893. The number of thiazole rings is 1. The Kier molecular flexibility index (Phi) is 4.24. The molecule has 0 aliphatic heterocycles. The number of nitrogens with zero attached hydrogens (tertiary/aromatic N) is 1. The van der Waals surface area contributed by atoms with Gasteiger partial charge >= 0.3 is 6.18 Å². The number of hydrogen-bond acceptors (Lipinski definition) is 4. The Morgan fingerprint density at radius 1 is 1.56 bits per heavy atom. The molecule has 1 aliphatic rings. The van der Waals surface area contributed by atoms with E-state index in [9.17, 15) is 18.0 Å². The highest BCUT2D eigenvalue weighted by Gasteiger charge is 2.45. The zero-order chi connectivity index (χ0) is 12.7. The third kappa shape index (κ3) is 3.33. The normalized spacial score (nSPS) is 16.9. The highest BCUT2D eigenvalue weighted by Crippen LogP contribution is 2.32. The maximum atomic E-state index is 12.2. The summed E-state index contributed by atoms with van der Waals surface area (Å²) in [6.45, 7) is -0.0153. The molecular weight excluding hydrogens is 291 g/mol. The molecule has 1 aromatic rings. The monoisotopic (exact) mass is 301 g/mol. The largest absolute Gasteiger partial charge is 0.434 e. The number of aromatic nitrogens is 1. The number of rotatable bonds is 3. The molecule has 0 atom stereocenters. The van der Waals surface area contributed by atoms with Crippen LogP contribution in [0.5, 0.6) is 0 Å². The predicted octanol–water partition coefficient (Wildman–Crippen LogP) is 1.69. The first kappa shape index (κ1) is 15.2. The molecule has 0 saturated heterocycles. The van der Waals surface area contributed by atoms with Gasteiger partial charge in [0.05, 0.1) is 12.1 Å². The lowest BCUT2D eigenvalue weighted by Gasteiger charge is -2.08. The summed E-state index contributed by atoms with van der Waals surface area (Å²) in [4.78, 5) is 14.8. The standard InChI is InChI=1S/C9H10F3N3OS.ClH/c10-9(11,12)5-4-17-6(15-5)3-14-7(16)8(13)1-2-8;/h4H,1-3,13H2,(H,14,16);1H. The van der Waals surface area contributed by atoms with Crippen LogP contribution in [0.2, 0.25) is 0 Å². The highest BCUT2D eigenvalue weighted by atomic mass is 35.5. The van der Waals surface area contributed by atoms with Crippen LogP contribution in [-0.2, 0) is 17.5 Å². The van der Waals surface area contributed by atoms with Crippen LogP contribution in [0.1, 0.15) is 23.5 Å². The molecule has 1 aliphatic carbocycles. The van der Waals surface area contributed by atoms with Crippen molar-refractivity contribution in [3.05, 3.63) is 16.1 Å². The summed E-state index contributed by atoms with van der Waals surface area (Å²) in [6, 6.07) is 0. The number of carbonyl (C=O) groups is 1. The van der Waals surface area contributed by atoms with Crippen LogP contribution < -0.4 is 11.1 Å². The molecule has 0 unspecified atom stereocenters. The smallest absolute Gasteiger partial charge is 0.348 e. The molecule has 1 amide bonds. The molecule has 1 aromatic heterocycles. The number of alkyl halides is 3. The second-order valence-corrected chi connectivity index (χ2v) is 4.91. The van der Waals surface area contributed by atoms with E-state index in [0.717, 1.165) is 16.7 Å². The molecular formula is C9H11ClF3N3OS. The topological polar surface area (TPSA) is 68.0 Å². The van der Waals surface area contributed by atoms with Gasteiger partial charge in [0.15, 0.2) is 5.69 Å². The highest BCUT2D eigenvalue weighted by molar-refractivity contribution is 7.09. The van der Waals surface area contributed by atoms with E-state index in [0.29, 0.717) is 12.8 Å². The fourth-order valence-corrected chi connectivity index (χ4v) is 1.96. The van der Waals surface area contributed by atoms with Crippen molar-refractivity contribution < 1.29 is 18.0 Å². The van der Waals surface area contributed by atoms with Gasteiger partial charge in [0, 0.05) is 5.38 Å². The molecule has 9 heteroatoms. The third-order valence-electron chi connectivity index (χ3n) is 2.48. The SMILES string of the molecule is Cl.NC1(C(=O)NCc2nc(C(F)(F)F)cs2)CC1. The van der Waals surface area contributed by atoms with E-state index >= 15 is 0 Å². The van der Waals surface area contributed by atoms with Crippen molar-refractivity contribution in [1.82, 2.24) is 10.3 Å². The lowest BCUT2D eigenvalue weighted by atomic mass is 10.3. The summed E-state index contributed by atoms with van der Waals surface area (Å²) in [5.74, 6) is -0.332. The average molecular weight is 302 g/mol. The van der Waals surface area contributed by atoms with Crippen LogP contribution in [0, 0.1) is 0 Å². The molecule has 1 heterocycles. The van der Waals surface area contributed by atoms with Gasteiger partial charge < -0.3 is 11.1 Å². The van der Waals surface area contributed by atoms with Crippen molar-refractivity contribution in [2.24, 2.45) is 5.73 Å². The van der Waals surface area contributed by atoms with Crippen LogP contribution in [0.15, 0.2) is 5.38 Å². The average Bonchev–Trinajstić information content (AvgIpc) is 2.81. The fraction of sp³-hybridized carbons (Fsp3) is 0.556. The van der Waals surface area contributed by atoms with Gasteiger partial charge in [-0.15, -0.1) is 23.7 Å². The lowest BCUT2D eigenvalue weighted by Crippen LogP contribution is -2.42. The van der Waals surface area contributed by atoms with E-state index in [1.807, 2.05) is 0 Å². The zero-order valence-corrected chi connectivity index (χ0v) is 10.7. The van der Waals surface area contributed by atoms with Crippen molar-refractivity contribution >= 4 is 29.7 Å². The van der Waals surface area contributed by atoms with E-state index in [1.54, 1.807) is 0 Å². The first-order chi connectivity index (χ1) is 7.81. The van der Waals surface area contributed by atoms with Crippen LogP contribution in [0.25, 0.3) is 0 Å². The Bertz CT molecular complexity index is 445. The summed E-state index contributed by atoms with van der Waals surface area (Å²) >= 11 is 0.863. The van der Waals surface area contributed by atoms with Gasteiger partial charge in [0.1, 0.15) is 5.01 Å². The van der Waals surface area contributed by atoms with Crippen LogP contribution in [0.3, 0.4) is 0 Å². The number of nitrogens with two attached hydrogens (primary N) is 1. The van der Waals surface area contributed by atoms with Gasteiger partial charge in [-0.2, -0.15) is 13.2 Å². The Balaban J connectivity index is 0.00000162. The molecule has 3 N–H and O–H groups in total. The van der Waals surface area contributed by atoms with Gasteiger partial charge in [-0.25, -0.2) is 4.98 Å². The summed E-state index contributed by atoms with van der Waals surface area (Å²) in [7, 11) is 0. The van der Waals surface area contributed by atoms with Crippen LogP contribution >= 0.6 is 23.7 Å². The minimum Gasteiger partial charge on any atom is -0.348 e. The van der Waals surface area contributed by atoms with E-state index in [1.165, 1.54) is 0 Å².